The second kappa shape index (κ2) is 6.97. The van der Waals surface area contributed by atoms with Gasteiger partial charge in [-0.25, -0.2) is 12.7 Å². The van der Waals surface area contributed by atoms with Crippen molar-refractivity contribution in [2.75, 3.05) is 24.2 Å². The molecule has 1 N–H and O–H groups in total. The first-order valence-electron chi connectivity index (χ1n) is 7.98. The van der Waals surface area contributed by atoms with Gasteiger partial charge in [0.2, 0.25) is 15.9 Å². The fourth-order valence-corrected chi connectivity index (χ4v) is 4.15. The molecule has 2 rings (SSSR count). The van der Waals surface area contributed by atoms with Crippen LogP contribution in [-0.2, 0) is 14.8 Å². The Balaban J connectivity index is 2.01. The van der Waals surface area contributed by atoms with E-state index in [0.717, 1.165) is 22.6 Å². The molecule has 128 valence electrons. The lowest BCUT2D eigenvalue weighted by Crippen LogP contribution is -2.42. The van der Waals surface area contributed by atoms with E-state index in [-0.39, 0.29) is 17.6 Å². The van der Waals surface area contributed by atoms with Gasteiger partial charge in [-0.3, -0.25) is 9.78 Å². The van der Waals surface area contributed by atoms with Gasteiger partial charge in [0, 0.05) is 24.7 Å². The minimum atomic E-state index is -3.16. The second-order valence-corrected chi connectivity index (χ2v) is 8.36. The van der Waals surface area contributed by atoms with Crippen molar-refractivity contribution in [3.8, 4) is 0 Å². The van der Waals surface area contributed by atoms with E-state index in [4.69, 9.17) is 0 Å². The zero-order valence-electron chi connectivity index (χ0n) is 14.2. The number of anilines is 1. The maximum Gasteiger partial charge on any atom is 0.227 e. The van der Waals surface area contributed by atoms with Gasteiger partial charge in [0.05, 0.1) is 17.1 Å². The average Bonchev–Trinajstić information content (AvgIpc) is 2.50. The first kappa shape index (κ1) is 17.9. The molecular weight excluding hydrogens is 314 g/mol. The number of carbonyl (C=O) groups is 1. The molecule has 0 aromatic carbocycles. The van der Waals surface area contributed by atoms with Crippen molar-refractivity contribution in [2.24, 2.45) is 5.92 Å². The molecule has 1 aliphatic heterocycles. The van der Waals surface area contributed by atoms with Crippen LogP contribution in [0.25, 0.3) is 0 Å². The summed E-state index contributed by atoms with van der Waals surface area (Å²) in [6.45, 7) is 8.23. The van der Waals surface area contributed by atoms with E-state index in [1.165, 1.54) is 4.31 Å². The third kappa shape index (κ3) is 4.09. The Morgan fingerprint density at radius 2 is 1.91 bits per heavy atom. The number of aryl methyl sites for hydroxylation is 3. The average molecular weight is 339 g/mol. The van der Waals surface area contributed by atoms with Gasteiger partial charge in [-0.1, -0.05) is 0 Å². The predicted octanol–water partition coefficient (Wildman–Crippen LogP) is 2.01. The van der Waals surface area contributed by atoms with E-state index in [9.17, 15) is 13.2 Å². The third-order valence-corrected chi connectivity index (χ3v) is 6.24. The van der Waals surface area contributed by atoms with Crippen molar-refractivity contribution < 1.29 is 13.2 Å². The Morgan fingerprint density at radius 3 is 2.43 bits per heavy atom. The largest absolute Gasteiger partial charge is 0.324 e. The van der Waals surface area contributed by atoms with Crippen molar-refractivity contribution in [3.05, 3.63) is 23.0 Å². The van der Waals surface area contributed by atoms with Gasteiger partial charge in [0.15, 0.2) is 0 Å². The normalized spacial score (nSPS) is 17.2. The summed E-state index contributed by atoms with van der Waals surface area (Å²) in [7, 11) is -3.16. The summed E-state index contributed by atoms with van der Waals surface area (Å²) in [5, 5.41) is 2.97. The molecular formula is C16H25N3O3S. The number of nitrogens with one attached hydrogen (secondary N) is 1. The third-order valence-electron chi connectivity index (χ3n) is 4.36. The lowest BCUT2D eigenvalue weighted by Gasteiger charge is -2.30. The lowest BCUT2D eigenvalue weighted by molar-refractivity contribution is -0.120. The Hall–Kier alpha value is -1.47. The summed E-state index contributed by atoms with van der Waals surface area (Å²) in [5.41, 5.74) is 3.50. The van der Waals surface area contributed by atoms with Crippen LogP contribution in [0.2, 0.25) is 0 Å². The van der Waals surface area contributed by atoms with Crippen LogP contribution in [0.15, 0.2) is 6.07 Å². The number of nitrogens with zero attached hydrogens (tertiary/aromatic N) is 2. The number of rotatable bonds is 4. The molecule has 0 atom stereocenters. The van der Waals surface area contributed by atoms with Gasteiger partial charge < -0.3 is 5.32 Å². The Bertz CT molecular complexity index is 670. The van der Waals surface area contributed by atoms with Crippen molar-refractivity contribution in [2.45, 2.75) is 40.5 Å². The second-order valence-electron chi connectivity index (χ2n) is 6.10. The van der Waals surface area contributed by atoms with Gasteiger partial charge in [-0.05, 0) is 52.2 Å². The van der Waals surface area contributed by atoms with Crippen LogP contribution in [0, 0.1) is 26.7 Å². The molecule has 0 saturated carbocycles. The molecule has 1 aromatic heterocycles. The molecule has 0 radical (unpaired) electrons. The van der Waals surface area contributed by atoms with E-state index in [1.54, 1.807) is 6.92 Å². The number of sulfonamides is 1. The molecule has 0 bridgehead atoms. The monoisotopic (exact) mass is 339 g/mol. The van der Waals surface area contributed by atoms with Crippen LogP contribution in [0.3, 0.4) is 0 Å². The lowest BCUT2D eigenvalue weighted by atomic mass is 9.97. The fourth-order valence-electron chi connectivity index (χ4n) is 3.02. The molecule has 1 fully saturated rings. The summed E-state index contributed by atoms with van der Waals surface area (Å²) in [6, 6.07) is 1.94. The highest BCUT2D eigenvalue weighted by Gasteiger charge is 2.30. The van der Waals surface area contributed by atoms with Gasteiger partial charge in [0.1, 0.15) is 0 Å². The van der Waals surface area contributed by atoms with E-state index >= 15 is 0 Å². The molecule has 1 aliphatic rings. The maximum atomic E-state index is 12.5. The molecule has 1 saturated heterocycles. The minimum absolute atomic E-state index is 0.0459. The van der Waals surface area contributed by atoms with Crippen LogP contribution < -0.4 is 5.32 Å². The highest BCUT2D eigenvalue weighted by atomic mass is 32.2. The van der Waals surface area contributed by atoms with Crippen LogP contribution in [0.4, 0.5) is 5.69 Å². The number of hydrogen-bond acceptors (Lipinski definition) is 4. The Labute approximate surface area is 138 Å². The fraction of sp³-hybridized carbons (Fsp3) is 0.625. The van der Waals surface area contributed by atoms with E-state index < -0.39 is 10.0 Å². The number of pyridine rings is 1. The number of carbonyl (C=O) groups excluding carboxylic acids is 1. The summed E-state index contributed by atoms with van der Waals surface area (Å²) in [4.78, 5) is 16.9. The van der Waals surface area contributed by atoms with Gasteiger partial charge in [0.25, 0.3) is 0 Å². The molecule has 0 unspecified atom stereocenters. The summed E-state index contributed by atoms with van der Waals surface area (Å²) in [6.07, 6.45) is 1.12. The van der Waals surface area contributed by atoms with Crippen molar-refractivity contribution in [1.29, 1.82) is 0 Å². The standard InChI is InChI=1S/C16H25N3O3S/c1-5-23(21,22)19-8-6-14(7-9-19)16(20)18-15-11(2)10-12(3)17-13(15)4/h10,14H,5-9H2,1-4H3,(H,18,20). The minimum Gasteiger partial charge on any atom is -0.324 e. The maximum absolute atomic E-state index is 12.5. The molecule has 0 spiro atoms. The zero-order chi connectivity index (χ0) is 17.2. The quantitative estimate of drug-likeness (QED) is 0.910. The smallest absolute Gasteiger partial charge is 0.227 e. The van der Waals surface area contributed by atoms with E-state index in [1.807, 2.05) is 26.8 Å². The Morgan fingerprint density at radius 1 is 1.30 bits per heavy atom. The summed E-state index contributed by atoms with van der Waals surface area (Å²) < 4.78 is 25.2. The van der Waals surface area contributed by atoms with Crippen molar-refractivity contribution >= 4 is 21.6 Å². The first-order chi connectivity index (χ1) is 10.7. The van der Waals surface area contributed by atoms with Crippen LogP contribution in [0.1, 0.15) is 36.7 Å². The van der Waals surface area contributed by atoms with Crippen LogP contribution in [-0.4, -0.2) is 42.5 Å². The molecule has 0 aliphatic carbocycles. The molecule has 6 nitrogen and oxygen atoms in total. The molecule has 1 amide bonds. The number of aromatic nitrogens is 1. The zero-order valence-corrected chi connectivity index (χ0v) is 15.0. The molecule has 1 aromatic rings. The van der Waals surface area contributed by atoms with Gasteiger partial charge in [-0.15, -0.1) is 0 Å². The molecule has 23 heavy (non-hydrogen) atoms. The highest BCUT2D eigenvalue weighted by Crippen LogP contribution is 2.24. The van der Waals surface area contributed by atoms with Crippen molar-refractivity contribution in [1.82, 2.24) is 9.29 Å². The SMILES string of the molecule is CCS(=O)(=O)N1CCC(C(=O)Nc2c(C)cc(C)nc2C)CC1. The number of piperidine rings is 1. The van der Waals surface area contributed by atoms with Gasteiger partial charge >= 0.3 is 0 Å². The predicted molar refractivity (Wildman–Crippen MR) is 90.8 cm³/mol. The van der Waals surface area contributed by atoms with Crippen molar-refractivity contribution in [3.63, 3.8) is 0 Å². The highest BCUT2D eigenvalue weighted by molar-refractivity contribution is 7.89. The summed E-state index contributed by atoms with van der Waals surface area (Å²) >= 11 is 0. The van der Waals surface area contributed by atoms with E-state index in [0.29, 0.717) is 25.9 Å². The van der Waals surface area contributed by atoms with Crippen LogP contribution >= 0.6 is 0 Å². The molecule has 2 heterocycles. The first-order valence-corrected chi connectivity index (χ1v) is 9.59. The number of hydrogen-bond donors (Lipinski definition) is 1. The molecule has 7 heteroatoms. The number of amides is 1. The van der Waals surface area contributed by atoms with Crippen LogP contribution in [0.5, 0.6) is 0 Å². The van der Waals surface area contributed by atoms with Gasteiger partial charge in [-0.2, -0.15) is 0 Å². The Kier molecular flexibility index (Phi) is 5.41. The summed E-state index contributed by atoms with van der Waals surface area (Å²) in [5.74, 6) is -0.0918. The topological polar surface area (TPSA) is 79.4 Å². The van der Waals surface area contributed by atoms with E-state index in [2.05, 4.69) is 10.3 Å².